The number of allylic oxidation sites excluding steroid dienone is 1. The molecule has 0 saturated heterocycles. The smallest absolute Gasteiger partial charge is 0.331 e. The van der Waals surface area contributed by atoms with E-state index >= 15 is 0 Å². The summed E-state index contributed by atoms with van der Waals surface area (Å²) in [6.07, 6.45) is 3.09. The SMILES string of the molecule is CCN(CC)c1cnn(C/C=C(/C)C(=O)O)c(=O)c1. The van der Waals surface area contributed by atoms with E-state index in [4.69, 9.17) is 5.11 Å². The normalized spacial score (nSPS) is 11.4. The molecule has 1 heterocycles. The maximum atomic E-state index is 11.9. The van der Waals surface area contributed by atoms with Crippen LogP contribution in [0, 0.1) is 0 Å². The molecule has 0 aliphatic rings. The minimum absolute atomic E-state index is 0.162. The van der Waals surface area contributed by atoms with Gasteiger partial charge < -0.3 is 10.0 Å². The number of aromatic nitrogens is 2. The average Bonchev–Trinajstić information content (AvgIpc) is 2.38. The molecule has 104 valence electrons. The van der Waals surface area contributed by atoms with Gasteiger partial charge in [0, 0.05) is 24.7 Å². The van der Waals surface area contributed by atoms with Gasteiger partial charge in [-0.05, 0) is 20.8 Å². The maximum Gasteiger partial charge on any atom is 0.331 e. The van der Waals surface area contributed by atoms with Gasteiger partial charge in [-0.1, -0.05) is 6.08 Å². The fraction of sp³-hybridized carbons (Fsp3) is 0.462. The first kappa shape index (κ1) is 14.9. The topological polar surface area (TPSA) is 75.4 Å². The Hall–Kier alpha value is -2.11. The third-order valence-electron chi connectivity index (χ3n) is 2.89. The molecule has 6 nitrogen and oxygen atoms in total. The Labute approximate surface area is 112 Å². The quantitative estimate of drug-likeness (QED) is 0.780. The molecule has 1 aromatic heterocycles. The number of carboxylic acids is 1. The van der Waals surface area contributed by atoms with Crippen LogP contribution in [0.2, 0.25) is 0 Å². The minimum Gasteiger partial charge on any atom is -0.478 e. The van der Waals surface area contributed by atoms with Crippen molar-refractivity contribution >= 4 is 11.7 Å². The summed E-state index contributed by atoms with van der Waals surface area (Å²) >= 11 is 0. The van der Waals surface area contributed by atoms with Gasteiger partial charge in [-0.3, -0.25) is 4.79 Å². The van der Waals surface area contributed by atoms with Crippen LogP contribution in [0.25, 0.3) is 0 Å². The average molecular weight is 265 g/mol. The molecule has 1 N–H and O–H groups in total. The van der Waals surface area contributed by atoms with E-state index in [-0.39, 0.29) is 17.7 Å². The number of anilines is 1. The van der Waals surface area contributed by atoms with Gasteiger partial charge in [0.05, 0.1) is 18.4 Å². The Morgan fingerprint density at radius 2 is 2.11 bits per heavy atom. The van der Waals surface area contributed by atoms with Crippen LogP contribution >= 0.6 is 0 Å². The van der Waals surface area contributed by atoms with Crippen molar-refractivity contribution in [3.05, 3.63) is 34.3 Å². The van der Waals surface area contributed by atoms with E-state index in [0.29, 0.717) is 0 Å². The molecule has 6 heteroatoms. The van der Waals surface area contributed by atoms with Crippen LogP contribution in [0.5, 0.6) is 0 Å². The summed E-state index contributed by atoms with van der Waals surface area (Å²) in [5, 5.41) is 12.8. The fourth-order valence-electron chi connectivity index (χ4n) is 1.63. The van der Waals surface area contributed by atoms with Crippen LogP contribution in [-0.2, 0) is 11.3 Å². The van der Waals surface area contributed by atoms with Crippen LogP contribution in [0.1, 0.15) is 20.8 Å². The summed E-state index contributed by atoms with van der Waals surface area (Å²) in [6.45, 7) is 7.27. The molecule has 0 radical (unpaired) electrons. The van der Waals surface area contributed by atoms with Crippen molar-refractivity contribution in [2.75, 3.05) is 18.0 Å². The molecule has 0 amide bonds. The molecule has 0 spiro atoms. The van der Waals surface area contributed by atoms with Crippen molar-refractivity contribution in [1.82, 2.24) is 9.78 Å². The molecule has 1 rings (SSSR count). The number of carbonyl (C=O) groups is 1. The second-order valence-corrected chi connectivity index (χ2v) is 4.10. The van der Waals surface area contributed by atoms with Gasteiger partial charge in [-0.2, -0.15) is 5.10 Å². The summed E-state index contributed by atoms with van der Waals surface area (Å²) in [6, 6.07) is 1.52. The van der Waals surface area contributed by atoms with Crippen LogP contribution < -0.4 is 10.5 Å². The third kappa shape index (κ3) is 3.94. The Kier molecular flexibility index (Phi) is 5.29. The van der Waals surface area contributed by atoms with Crippen LogP contribution in [0.15, 0.2) is 28.7 Å². The van der Waals surface area contributed by atoms with Gasteiger partial charge in [-0.25, -0.2) is 9.48 Å². The van der Waals surface area contributed by atoms with E-state index in [1.54, 1.807) is 6.20 Å². The van der Waals surface area contributed by atoms with Crippen LogP contribution in [0.4, 0.5) is 5.69 Å². The Morgan fingerprint density at radius 1 is 1.47 bits per heavy atom. The highest BCUT2D eigenvalue weighted by Crippen LogP contribution is 2.08. The van der Waals surface area contributed by atoms with Gasteiger partial charge in [0.1, 0.15) is 0 Å². The van der Waals surface area contributed by atoms with Crippen molar-refractivity contribution in [3.8, 4) is 0 Å². The number of nitrogens with zero attached hydrogens (tertiary/aromatic N) is 3. The van der Waals surface area contributed by atoms with E-state index in [2.05, 4.69) is 5.10 Å². The molecule has 0 aliphatic carbocycles. The van der Waals surface area contributed by atoms with Crippen molar-refractivity contribution in [2.45, 2.75) is 27.3 Å². The van der Waals surface area contributed by atoms with Crippen molar-refractivity contribution in [2.24, 2.45) is 0 Å². The second-order valence-electron chi connectivity index (χ2n) is 4.10. The molecule has 19 heavy (non-hydrogen) atoms. The lowest BCUT2D eigenvalue weighted by atomic mass is 10.3. The van der Waals surface area contributed by atoms with Crippen LogP contribution in [-0.4, -0.2) is 33.9 Å². The van der Waals surface area contributed by atoms with E-state index in [9.17, 15) is 9.59 Å². The van der Waals surface area contributed by atoms with E-state index in [1.165, 1.54) is 23.7 Å². The summed E-state index contributed by atoms with van der Waals surface area (Å²) < 4.78 is 1.24. The number of rotatable bonds is 6. The molecule has 1 aromatic rings. The standard InChI is InChI=1S/C13H19N3O3/c1-4-15(5-2)11-8-12(17)16(14-9-11)7-6-10(3)13(18)19/h6,8-9H,4-5,7H2,1-3H3,(H,18,19)/b10-6-. The summed E-state index contributed by atoms with van der Waals surface area (Å²) in [5.74, 6) is -0.993. The third-order valence-corrected chi connectivity index (χ3v) is 2.89. The zero-order valence-electron chi connectivity index (χ0n) is 11.5. The van der Waals surface area contributed by atoms with Crippen molar-refractivity contribution in [3.63, 3.8) is 0 Å². The molecular weight excluding hydrogens is 246 g/mol. The molecule has 0 aliphatic heterocycles. The number of hydrogen-bond acceptors (Lipinski definition) is 4. The van der Waals surface area contributed by atoms with E-state index in [1.807, 2.05) is 18.7 Å². The van der Waals surface area contributed by atoms with Crippen molar-refractivity contribution in [1.29, 1.82) is 0 Å². The monoisotopic (exact) mass is 265 g/mol. The van der Waals surface area contributed by atoms with E-state index in [0.717, 1.165) is 18.8 Å². The lowest BCUT2D eigenvalue weighted by Crippen LogP contribution is -2.27. The predicted molar refractivity (Wildman–Crippen MR) is 73.5 cm³/mol. The second kappa shape index (κ2) is 6.72. The fourth-order valence-corrected chi connectivity index (χ4v) is 1.63. The molecule has 0 aromatic carbocycles. The Balaban J connectivity index is 2.92. The largest absolute Gasteiger partial charge is 0.478 e. The number of hydrogen-bond donors (Lipinski definition) is 1. The first-order valence-electron chi connectivity index (χ1n) is 6.21. The molecule has 0 fully saturated rings. The summed E-state index contributed by atoms with van der Waals surface area (Å²) in [7, 11) is 0. The van der Waals surface area contributed by atoms with Crippen molar-refractivity contribution < 1.29 is 9.90 Å². The first-order chi connectivity index (χ1) is 8.99. The summed E-state index contributed by atoms with van der Waals surface area (Å²) in [4.78, 5) is 24.5. The van der Waals surface area contributed by atoms with E-state index < -0.39 is 5.97 Å². The molecule has 0 unspecified atom stereocenters. The molecular formula is C13H19N3O3. The predicted octanol–water partition coefficient (Wildman–Crippen LogP) is 1.12. The summed E-state index contributed by atoms with van der Waals surface area (Å²) in [5.41, 5.74) is 0.741. The Bertz CT molecular complexity index is 530. The first-order valence-corrected chi connectivity index (χ1v) is 6.21. The van der Waals surface area contributed by atoms with Crippen LogP contribution in [0.3, 0.4) is 0 Å². The van der Waals surface area contributed by atoms with Gasteiger partial charge >= 0.3 is 5.97 Å². The number of aliphatic carboxylic acids is 1. The van der Waals surface area contributed by atoms with Gasteiger partial charge in [0.15, 0.2) is 0 Å². The maximum absolute atomic E-state index is 11.9. The zero-order chi connectivity index (χ0) is 14.4. The highest BCUT2D eigenvalue weighted by Gasteiger charge is 2.05. The Morgan fingerprint density at radius 3 is 2.58 bits per heavy atom. The molecule has 0 bridgehead atoms. The number of carboxylic acid groups (broad SMARTS) is 1. The molecule has 0 atom stereocenters. The highest BCUT2D eigenvalue weighted by molar-refractivity contribution is 5.85. The van der Waals surface area contributed by atoms with Gasteiger partial charge in [0.2, 0.25) is 0 Å². The highest BCUT2D eigenvalue weighted by atomic mass is 16.4. The zero-order valence-corrected chi connectivity index (χ0v) is 11.5. The minimum atomic E-state index is -0.993. The van der Waals surface area contributed by atoms with Gasteiger partial charge in [0.25, 0.3) is 5.56 Å². The lowest BCUT2D eigenvalue weighted by molar-refractivity contribution is -0.132. The van der Waals surface area contributed by atoms with Gasteiger partial charge in [-0.15, -0.1) is 0 Å². The lowest BCUT2D eigenvalue weighted by Gasteiger charge is -2.20. The molecule has 0 saturated carbocycles.